The molecule has 0 atom stereocenters. The number of rotatable bonds is 2. The predicted octanol–water partition coefficient (Wildman–Crippen LogP) is 4.40. The molecule has 82 valence electrons. The van der Waals surface area contributed by atoms with Gasteiger partial charge in [-0.3, -0.25) is 0 Å². The molecule has 0 aromatic heterocycles. The van der Waals surface area contributed by atoms with Gasteiger partial charge in [0, 0.05) is 0 Å². The number of hydrogen-bond acceptors (Lipinski definition) is 0. The molecule has 0 saturated carbocycles. The summed E-state index contributed by atoms with van der Waals surface area (Å²) in [4.78, 5) is 0. The maximum atomic E-state index is 11.7. The molecule has 0 fully saturated rings. The fourth-order valence-electron chi connectivity index (χ4n) is 0.124. The molecule has 0 amide bonds. The van der Waals surface area contributed by atoms with Crippen LogP contribution in [0.5, 0.6) is 0 Å². The Kier molecular flexibility index (Phi) is 7.07. The third kappa shape index (κ3) is 5.52. The van der Waals surface area contributed by atoms with Crippen LogP contribution in [0.25, 0.3) is 0 Å². The fraction of sp³-hybridized carbons (Fsp3) is 1.00. The van der Waals surface area contributed by atoms with Crippen molar-refractivity contribution in [3.8, 4) is 0 Å². The van der Waals surface area contributed by atoms with Crippen molar-refractivity contribution in [3.05, 3.63) is 0 Å². The first-order valence-corrected chi connectivity index (χ1v) is 4.09. The van der Waals surface area contributed by atoms with Gasteiger partial charge in [0.05, 0.1) is 0 Å². The normalized spacial score (nSPS) is 12.5. The highest BCUT2D eigenvalue weighted by atomic mass is 35.5. The lowest BCUT2D eigenvalue weighted by molar-refractivity contribution is -0.162. The number of alkyl halides is 7. The van der Waals surface area contributed by atoms with E-state index in [0.717, 1.165) is 0 Å². The summed E-state index contributed by atoms with van der Waals surface area (Å²) in [5, 5.41) is 0. The molecule has 0 bridgehead atoms. The predicted molar refractivity (Wildman–Crippen MR) is 42.5 cm³/mol. The van der Waals surface area contributed by atoms with Crippen LogP contribution in [0.2, 0.25) is 0 Å². The second-order valence-corrected chi connectivity index (χ2v) is 3.36. The lowest BCUT2D eigenvalue weighted by Gasteiger charge is -2.20. The van der Waals surface area contributed by atoms with Crippen LogP contribution in [0, 0.1) is 0 Å². The van der Waals surface area contributed by atoms with Gasteiger partial charge in [0.1, 0.15) is 0 Å². The first kappa shape index (κ1) is 15.7. The van der Waals surface area contributed by atoms with Gasteiger partial charge in [-0.15, -0.1) is 0 Å². The second kappa shape index (κ2) is 5.86. The number of hydrogen-bond donors (Lipinski definition) is 0. The van der Waals surface area contributed by atoms with Gasteiger partial charge in [0.25, 0.3) is 0 Å². The zero-order valence-corrected chi connectivity index (χ0v) is 8.44. The molecule has 0 aromatic carbocycles. The van der Waals surface area contributed by atoms with E-state index in [1.54, 1.807) is 0 Å². The van der Waals surface area contributed by atoms with Gasteiger partial charge >= 0.3 is 16.9 Å². The first-order chi connectivity index (χ1) is 5.61. The van der Waals surface area contributed by atoms with Crippen molar-refractivity contribution >= 4 is 23.2 Å². The third-order valence-electron chi connectivity index (χ3n) is 0.652. The molecule has 0 aliphatic carbocycles. The van der Waals surface area contributed by atoms with Gasteiger partial charge in [0.2, 0.25) is 0 Å². The lowest BCUT2D eigenvalue weighted by Crippen LogP contribution is -2.41. The Labute approximate surface area is 83.0 Å². The topological polar surface area (TPSA) is 0 Å². The highest BCUT2D eigenvalue weighted by Gasteiger charge is 2.60. The second-order valence-electron chi connectivity index (χ2n) is 2.13. The van der Waals surface area contributed by atoms with Crippen molar-refractivity contribution in [2.75, 3.05) is 0 Å². The van der Waals surface area contributed by atoms with Crippen LogP contribution in [-0.2, 0) is 0 Å². The molecule has 0 spiro atoms. The summed E-state index contributed by atoms with van der Waals surface area (Å²) in [5.74, 6) is -5.03. The fourth-order valence-corrected chi connectivity index (χ4v) is 0.289. The molecule has 0 rings (SSSR count). The van der Waals surface area contributed by atoms with Crippen molar-refractivity contribution < 1.29 is 22.0 Å². The molecule has 0 N–H and O–H groups in total. The van der Waals surface area contributed by atoms with Crippen LogP contribution in [0.3, 0.4) is 0 Å². The molecule has 0 radical (unpaired) electrons. The molecule has 0 heterocycles. The average Bonchev–Trinajstić information content (AvgIpc) is 1.86. The Balaban J connectivity index is 0. The van der Waals surface area contributed by atoms with E-state index in [9.17, 15) is 22.0 Å². The smallest absolute Gasteiger partial charge is 0.203 e. The van der Waals surface area contributed by atoms with E-state index in [1.165, 1.54) is 6.42 Å². The minimum absolute atomic E-state index is 1.25. The van der Waals surface area contributed by atoms with Crippen molar-refractivity contribution in [2.24, 2.45) is 0 Å². The standard InChI is InChI=1S/C3HCl2F5.C3H8/c4-3(5,10)2(8,9)1(6)7;1-3-2/h1H;3H2,1-2H3. The van der Waals surface area contributed by atoms with Crippen molar-refractivity contribution in [1.29, 1.82) is 0 Å². The molecule has 0 unspecified atom stereocenters. The number of halogens is 7. The maximum Gasteiger partial charge on any atom is 0.368 e. The van der Waals surface area contributed by atoms with E-state index >= 15 is 0 Å². The minimum atomic E-state index is -5.03. The summed E-state index contributed by atoms with van der Waals surface area (Å²) in [7, 11) is 0. The molecular weight excluding hydrogens is 238 g/mol. The van der Waals surface area contributed by atoms with E-state index in [4.69, 9.17) is 0 Å². The summed E-state index contributed by atoms with van der Waals surface area (Å²) in [6.07, 6.45) is -2.97. The molecule has 7 heteroatoms. The van der Waals surface area contributed by atoms with Gasteiger partial charge in [0.15, 0.2) is 0 Å². The highest BCUT2D eigenvalue weighted by Crippen LogP contribution is 2.43. The van der Waals surface area contributed by atoms with Gasteiger partial charge < -0.3 is 0 Å². The van der Waals surface area contributed by atoms with Gasteiger partial charge in [-0.05, 0) is 0 Å². The quantitative estimate of drug-likeness (QED) is 0.501. The molecule has 0 nitrogen and oxygen atoms in total. The zero-order chi connectivity index (χ0) is 11.3. The van der Waals surface area contributed by atoms with Crippen molar-refractivity contribution in [1.82, 2.24) is 0 Å². The summed E-state index contributed by atoms with van der Waals surface area (Å²) >= 11 is 8.18. The Morgan fingerprint density at radius 3 is 1.31 bits per heavy atom. The van der Waals surface area contributed by atoms with E-state index in [-0.39, 0.29) is 0 Å². The molecule has 0 aliphatic rings. The van der Waals surface area contributed by atoms with Crippen LogP contribution in [-0.4, -0.2) is 16.9 Å². The van der Waals surface area contributed by atoms with E-state index in [0.29, 0.717) is 0 Å². The van der Waals surface area contributed by atoms with Crippen molar-refractivity contribution in [3.63, 3.8) is 0 Å². The van der Waals surface area contributed by atoms with Crippen LogP contribution in [0.4, 0.5) is 22.0 Å². The van der Waals surface area contributed by atoms with Gasteiger partial charge in [-0.2, -0.15) is 8.78 Å². The molecule has 0 aromatic rings. The Morgan fingerprint density at radius 2 is 1.31 bits per heavy atom. The SMILES string of the molecule is CCC.FC(F)C(F)(F)C(F)(Cl)Cl. The summed E-state index contributed by atoms with van der Waals surface area (Å²) in [6, 6.07) is 0. The maximum absolute atomic E-state index is 11.7. The molecule has 0 saturated heterocycles. The average molecular weight is 247 g/mol. The Bertz CT molecular complexity index is 131. The molecule has 0 aliphatic heterocycles. The lowest BCUT2D eigenvalue weighted by atomic mass is 10.4. The van der Waals surface area contributed by atoms with Crippen LogP contribution < -0.4 is 0 Å². The Hall–Kier alpha value is 0.230. The van der Waals surface area contributed by atoms with Crippen LogP contribution >= 0.6 is 23.2 Å². The summed E-state index contributed by atoms with van der Waals surface area (Å²) in [6.45, 7) is 4.25. The van der Waals surface area contributed by atoms with E-state index < -0.39 is 16.9 Å². The first-order valence-electron chi connectivity index (χ1n) is 3.33. The van der Waals surface area contributed by atoms with Gasteiger partial charge in [-0.25, -0.2) is 13.2 Å². The van der Waals surface area contributed by atoms with Crippen LogP contribution in [0.1, 0.15) is 20.3 Å². The summed E-state index contributed by atoms with van der Waals surface area (Å²) in [5.41, 5.74) is 0. The molecular formula is C6H9Cl2F5. The minimum Gasteiger partial charge on any atom is -0.203 e. The van der Waals surface area contributed by atoms with E-state index in [2.05, 4.69) is 37.0 Å². The largest absolute Gasteiger partial charge is 0.368 e. The van der Waals surface area contributed by atoms with Crippen molar-refractivity contribution in [2.45, 2.75) is 37.2 Å². The summed E-state index contributed by atoms with van der Waals surface area (Å²) < 4.78 is 53.1. The third-order valence-corrected chi connectivity index (χ3v) is 1.16. The highest BCUT2D eigenvalue weighted by molar-refractivity contribution is 6.47. The van der Waals surface area contributed by atoms with E-state index in [1.807, 2.05) is 0 Å². The Morgan fingerprint density at radius 1 is 1.08 bits per heavy atom. The molecule has 13 heavy (non-hydrogen) atoms. The monoisotopic (exact) mass is 246 g/mol. The van der Waals surface area contributed by atoms with Gasteiger partial charge in [-0.1, -0.05) is 43.5 Å². The zero-order valence-electron chi connectivity index (χ0n) is 6.93. The van der Waals surface area contributed by atoms with Crippen LogP contribution in [0.15, 0.2) is 0 Å².